The first-order valence-corrected chi connectivity index (χ1v) is 11.7. The Kier molecular flexibility index (Phi) is 8.13. The second-order valence-electron chi connectivity index (χ2n) is 9.13. The number of amides is 1. The number of methoxy groups -OCH3 is 1. The first kappa shape index (κ1) is 25.4. The molecule has 156 valence electrons. The van der Waals surface area contributed by atoms with Gasteiger partial charge in [0.15, 0.2) is 8.32 Å². The predicted molar refractivity (Wildman–Crippen MR) is 107 cm³/mol. The molecular formula is C19H35NO6Si. The summed E-state index contributed by atoms with van der Waals surface area (Å²) in [5.74, 6) is 1.09. The fourth-order valence-electron chi connectivity index (χ4n) is 1.89. The topological polar surface area (TPSA) is 85.3 Å². The zero-order valence-electron chi connectivity index (χ0n) is 18.3. The number of hydrogen-bond acceptors (Lipinski definition) is 6. The predicted octanol–water partition coefficient (Wildman–Crippen LogP) is 2.78. The standard InChI is InChI=1S/C19H35NO6Si/c1-12-19(23,15(21)24-9)14(26-27(10,11)18(5,6)7)13-20(8)16(22)25-17(2,3)4/h1,14,23H,13H2,2-11H3. The average molecular weight is 402 g/mol. The Hall–Kier alpha value is -1.56. The molecule has 0 heterocycles. The SMILES string of the molecule is C#CC(O)(C(=O)OC)C(CN(C)C(=O)OC(C)(C)C)O[Si](C)(C)C(C)(C)C. The summed E-state index contributed by atoms with van der Waals surface area (Å²) in [5.41, 5.74) is -3.02. The van der Waals surface area contributed by atoms with Gasteiger partial charge in [0.05, 0.1) is 13.7 Å². The van der Waals surface area contributed by atoms with Gasteiger partial charge in [0, 0.05) is 7.05 Å². The summed E-state index contributed by atoms with van der Waals surface area (Å²) in [6, 6.07) is 0. The Morgan fingerprint density at radius 3 is 2.00 bits per heavy atom. The van der Waals surface area contributed by atoms with Crippen molar-refractivity contribution in [3.63, 3.8) is 0 Å². The van der Waals surface area contributed by atoms with Gasteiger partial charge in [-0.3, -0.25) is 0 Å². The van der Waals surface area contributed by atoms with E-state index in [9.17, 15) is 14.7 Å². The monoisotopic (exact) mass is 401 g/mol. The number of likely N-dealkylation sites (N-methyl/N-ethyl adjacent to an activating group) is 1. The lowest BCUT2D eigenvalue weighted by molar-refractivity contribution is -0.165. The largest absolute Gasteiger partial charge is 0.466 e. The van der Waals surface area contributed by atoms with Crippen LogP contribution in [0.1, 0.15) is 41.5 Å². The van der Waals surface area contributed by atoms with Gasteiger partial charge in [0.2, 0.25) is 0 Å². The quantitative estimate of drug-likeness (QED) is 0.418. The van der Waals surface area contributed by atoms with Crippen LogP contribution in [0.4, 0.5) is 4.79 Å². The van der Waals surface area contributed by atoms with Gasteiger partial charge in [0.1, 0.15) is 11.7 Å². The van der Waals surface area contributed by atoms with E-state index in [4.69, 9.17) is 15.6 Å². The molecule has 0 spiro atoms. The molecule has 1 amide bonds. The number of aliphatic hydroxyl groups is 1. The molecule has 0 saturated heterocycles. The van der Waals surface area contributed by atoms with Crippen molar-refractivity contribution in [2.24, 2.45) is 0 Å². The third-order valence-corrected chi connectivity index (χ3v) is 9.06. The molecule has 27 heavy (non-hydrogen) atoms. The normalized spacial score (nSPS) is 15.9. The number of nitrogens with zero attached hydrogens (tertiary/aromatic N) is 1. The van der Waals surface area contributed by atoms with Crippen LogP contribution in [0.15, 0.2) is 0 Å². The zero-order chi connectivity index (χ0) is 21.8. The van der Waals surface area contributed by atoms with Crippen molar-refractivity contribution < 1.29 is 28.6 Å². The van der Waals surface area contributed by atoms with E-state index >= 15 is 0 Å². The van der Waals surface area contributed by atoms with Crippen LogP contribution in [0.3, 0.4) is 0 Å². The third kappa shape index (κ3) is 6.83. The highest BCUT2D eigenvalue weighted by Crippen LogP contribution is 2.38. The molecule has 0 fully saturated rings. The Bertz CT molecular complexity index is 584. The molecule has 7 nitrogen and oxygen atoms in total. The van der Waals surface area contributed by atoms with Gasteiger partial charge >= 0.3 is 12.1 Å². The van der Waals surface area contributed by atoms with E-state index in [0.29, 0.717) is 0 Å². The van der Waals surface area contributed by atoms with Crippen molar-refractivity contribution in [3.05, 3.63) is 0 Å². The van der Waals surface area contributed by atoms with Crippen LogP contribution in [0, 0.1) is 12.3 Å². The van der Waals surface area contributed by atoms with E-state index in [2.05, 4.69) is 10.7 Å². The molecule has 0 rings (SSSR count). The molecule has 0 aromatic rings. The van der Waals surface area contributed by atoms with Crippen LogP contribution in [0.25, 0.3) is 0 Å². The summed E-state index contributed by atoms with van der Waals surface area (Å²) in [7, 11) is 0.178. The molecular weight excluding hydrogens is 366 g/mol. The number of ether oxygens (including phenoxy) is 2. The van der Waals surface area contributed by atoms with E-state index in [1.807, 2.05) is 33.9 Å². The van der Waals surface area contributed by atoms with Gasteiger partial charge in [-0.2, -0.15) is 0 Å². The van der Waals surface area contributed by atoms with E-state index < -0.39 is 37.7 Å². The minimum Gasteiger partial charge on any atom is -0.466 e. The van der Waals surface area contributed by atoms with Gasteiger partial charge in [-0.15, -0.1) is 6.42 Å². The molecule has 0 aromatic carbocycles. The Morgan fingerprint density at radius 2 is 1.67 bits per heavy atom. The molecule has 0 bridgehead atoms. The van der Waals surface area contributed by atoms with Crippen LogP contribution in [0.2, 0.25) is 18.1 Å². The minimum atomic E-state index is -2.44. The van der Waals surface area contributed by atoms with Crippen molar-refractivity contribution in [1.82, 2.24) is 4.90 Å². The van der Waals surface area contributed by atoms with Crippen molar-refractivity contribution in [3.8, 4) is 12.3 Å². The lowest BCUT2D eigenvalue weighted by Gasteiger charge is -2.43. The molecule has 0 saturated carbocycles. The highest BCUT2D eigenvalue weighted by molar-refractivity contribution is 6.74. The molecule has 0 aliphatic rings. The average Bonchev–Trinajstić information content (AvgIpc) is 2.49. The number of carbonyl (C=O) groups is 2. The van der Waals surface area contributed by atoms with E-state index in [-0.39, 0.29) is 11.6 Å². The van der Waals surface area contributed by atoms with E-state index in [0.717, 1.165) is 7.11 Å². The molecule has 0 radical (unpaired) electrons. The summed E-state index contributed by atoms with van der Waals surface area (Å²) < 4.78 is 16.2. The summed E-state index contributed by atoms with van der Waals surface area (Å²) in [4.78, 5) is 25.8. The Labute approximate surface area is 164 Å². The number of hydrogen-bond donors (Lipinski definition) is 1. The summed E-state index contributed by atoms with van der Waals surface area (Å²) in [5, 5.41) is 10.6. The maximum atomic E-state index is 12.3. The smallest absolute Gasteiger partial charge is 0.410 e. The summed E-state index contributed by atoms with van der Waals surface area (Å²) in [6.07, 6.45) is 3.68. The molecule has 0 aromatic heterocycles. The van der Waals surface area contributed by atoms with E-state index in [1.165, 1.54) is 11.9 Å². The van der Waals surface area contributed by atoms with Crippen LogP contribution < -0.4 is 0 Å². The van der Waals surface area contributed by atoms with Crippen molar-refractivity contribution >= 4 is 20.4 Å². The van der Waals surface area contributed by atoms with Crippen molar-refractivity contribution in [1.29, 1.82) is 0 Å². The molecule has 8 heteroatoms. The molecule has 0 aliphatic heterocycles. The van der Waals surface area contributed by atoms with Crippen molar-refractivity contribution in [2.45, 2.75) is 77.0 Å². The minimum absolute atomic E-state index is 0.142. The van der Waals surface area contributed by atoms with Crippen LogP contribution in [0.5, 0.6) is 0 Å². The zero-order valence-corrected chi connectivity index (χ0v) is 19.3. The Morgan fingerprint density at radius 1 is 1.19 bits per heavy atom. The maximum absolute atomic E-state index is 12.3. The highest BCUT2D eigenvalue weighted by atomic mass is 28.4. The lowest BCUT2D eigenvalue weighted by atomic mass is 9.97. The highest BCUT2D eigenvalue weighted by Gasteiger charge is 2.50. The fraction of sp³-hybridized carbons (Fsp3) is 0.789. The molecule has 2 atom stereocenters. The number of terminal acetylenes is 1. The Balaban J connectivity index is 5.84. The van der Waals surface area contributed by atoms with Crippen molar-refractivity contribution in [2.75, 3.05) is 20.7 Å². The first-order chi connectivity index (χ1) is 11.9. The lowest BCUT2D eigenvalue weighted by Crippen LogP contribution is -2.59. The number of rotatable bonds is 6. The maximum Gasteiger partial charge on any atom is 0.410 e. The second kappa shape index (κ2) is 8.63. The summed E-state index contributed by atoms with van der Waals surface area (Å²) >= 11 is 0. The van der Waals surface area contributed by atoms with Crippen LogP contribution in [-0.4, -0.2) is 68.4 Å². The van der Waals surface area contributed by atoms with Gasteiger partial charge < -0.3 is 23.9 Å². The first-order valence-electron chi connectivity index (χ1n) is 8.81. The second-order valence-corrected chi connectivity index (χ2v) is 13.9. The van der Waals surface area contributed by atoms with Crippen LogP contribution in [-0.2, 0) is 18.7 Å². The number of esters is 1. The third-order valence-electron chi connectivity index (χ3n) is 4.57. The number of carbonyl (C=O) groups excluding carboxylic acids is 2. The van der Waals surface area contributed by atoms with Gasteiger partial charge in [-0.05, 0) is 38.9 Å². The van der Waals surface area contributed by atoms with Gasteiger partial charge in [0.25, 0.3) is 5.60 Å². The fourth-order valence-corrected chi connectivity index (χ4v) is 3.20. The van der Waals surface area contributed by atoms with E-state index in [1.54, 1.807) is 20.8 Å². The van der Waals surface area contributed by atoms with Gasteiger partial charge in [-0.1, -0.05) is 26.7 Å². The van der Waals surface area contributed by atoms with Crippen LogP contribution >= 0.6 is 0 Å². The molecule has 0 aliphatic carbocycles. The van der Waals surface area contributed by atoms with Gasteiger partial charge in [-0.25, -0.2) is 9.59 Å². The molecule has 2 unspecified atom stereocenters. The summed E-state index contributed by atoms with van der Waals surface area (Å²) in [6.45, 7) is 15.1. The molecule has 1 N–H and O–H groups in total.